The topological polar surface area (TPSA) is 86.1 Å². The van der Waals surface area contributed by atoms with Gasteiger partial charge in [-0.3, -0.25) is 15.0 Å². The van der Waals surface area contributed by atoms with Gasteiger partial charge in [-0.1, -0.05) is 31.7 Å². The fraction of sp³-hybridized carbons (Fsp3) is 0.259. The van der Waals surface area contributed by atoms with Crippen LogP contribution in [-0.2, 0) is 6.42 Å². The molecule has 6 nitrogen and oxygen atoms in total. The van der Waals surface area contributed by atoms with E-state index in [2.05, 4.69) is 26.2 Å². The number of benzene rings is 2. The van der Waals surface area contributed by atoms with Gasteiger partial charge in [-0.2, -0.15) is 0 Å². The van der Waals surface area contributed by atoms with Crippen LogP contribution in [0.1, 0.15) is 58.5 Å². The minimum atomic E-state index is -1.18. The van der Waals surface area contributed by atoms with Gasteiger partial charge in [0.15, 0.2) is 17.4 Å². The number of halogens is 3. The van der Waals surface area contributed by atoms with Gasteiger partial charge in [-0.05, 0) is 65.0 Å². The van der Waals surface area contributed by atoms with Gasteiger partial charge in [-0.15, -0.1) is 0 Å². The van der Waals surface area contributed by atoms with Gasteiger partial charge < -0.3 is 10.2 Å². The number of pyridine rings is 1. The number of likely N-dealkylation sites (tertiary alicyclic amines) is 1. The highest BCUT2D eigenvalue weighted by Crippen LogP contribution is 2.21. The van der Waals surface area contributed by atoms with Crippen LogP contribution in [0.2, 0.25) is 0 Å². The van der Waals surface area contributed by atoms with E-state index in [-0.39, 0.29) is 36.6 Å². The predicted molar refractivity (Wildman–Crippen MR) is 140 cm³/mol. The van der Waals surface area contributed by atoms with E-state index in [1.54, 1.807) is 36.4 Å². The number of Topliss-reactive ketones (excluding diaryl/α,β-unsaturated/α-hetero) is 1. The van der Waals surface area contributed by atoms with Crippen LogP contribution in [0.15, 0.2) is 59.2 Å². The molecule has 1 amide bonds. The Kier molecular flexibility index (Phi) is 9.03. The van der Waals surface area contributed by atoms with E-state index in [1.165, 1.54) is 12.6 Å². The summed E-state index contributed by atoms with van der Waals surface area (Å²) in [5, 5.41) is 11.0. The lowest BCUT2D eigenvalue weighted by atomic mass is 9.97. The molecule has 9 heteroatoms. The molecule has 1 aliphatic rings. The van der Waals surface area contributed by atoms with Crippen LogP contribution in [0.3, 0.4) is 0 Å². The van der Waals surface area contributed by atoms with Crippen molar-refractivity contribution in [1.29, 1.82) is 5.41 Å². The third kappa shape index (κ3) is 6.40. The standard InChI is InChI=1S/C26H23BrF2N4O2.CH4/c27-19-8-9-24(31-15-19)32-26(35)20-14-22(29)21(28)12-18(20)13-23(34)16-4-6-17(7-5-16)25(30)33-10-2-1-3-11-33;/h4-9,12,14-15,30H,1-3,10-11,13H2,(H,31,32,35);1H4. The van der Waals surface area contributed by atoms with Crippen molar-refractivity contribution in [2.24, 2.45) is 0 Å². The Morgan fingerprint density at radius 1 is 0.972 bits per heavy atom. The highest BCUT2D eigenvalue weighted by molar-refractivity contribution is 9.10. The van der Waals surface area contributed by atoms with Crippen LogP contribution < -0.4 is 5.32 Å². The molecule has 36 heavy (non-hydrogen) atoms. The number of ketones is 1. The lowest BCUT2D eigenvalue weighted by molar-refractivity contribution is 0.0992. The fourth-order valence-corrected chi connectivity index (χ4v) is 4.20. The molecule has 0 unspecified atom stereocenters. The molecule has 188 valence electrons. The number of aromatic nitrogens is 1. The number of amidine groups is 1. The first-order valence-electron chi connectivity index (χ1n) is 11.2. The SMILES string of the molecule is C.N=C(c1ccc(C(=O)Cc2cc(F)c(F)cc2C(=O)Nc2ccc(Br)cn2)cc1)N1CCCCC1. The zero-order chi connectivity index (χ0) is 24.9. The van der Waals surface area contributed by atoms with E-state index in [0.717, 1.165) is 38.1 Å². The third-order valence-corrected chi connectivity index (χ3v) is 6.33. The molecule has 2 aromatic carbocycles. The smallest absolute Gasteiger partial charge is 0.257 e. The summed E-state index contributed by atoms with van der Waals surface area (Å²) in [6.07, 6.45) is 4.47. The number of nitrogens with one attached hydrogen (secondary N) is 2. The number of nitrogens with zero attached hydrogens (tertiary/aromatic N) is 2. The first kappa shape index (κ1) is 27.1. The Labute approximate surface area is 217 Å². The monoisotopic (exact) mass is 556 g/mol. The summed E-state index contributed by atoms with van der Waals surface area (Å²) in [7, 11) is 0. The number of carbonyl (C=O) groups excluding carboxylic acids is 2. The average molecular weight is 557 g/mol. The highest BCUT2D eigenvalue weighted by atomic mass is 79.9. The fourth-order valence-electron chi connectivity index (χ4n) is 3.97. The van der Waals surface area contributed by atoms with Gasteiger partial charge in [0.1, 0.15) is 11.7 Å². The molecule has 0 saturated carbocycles. The van der Waals surface area contributed by atoms with E-state index >= 15 is 0 Å². The van der Waals surface area contributed by atoms with Gasteiger partial charge in [0, 0.05) is 46.9 Å². The van der Waals surface area contributed by atoms with E-state index in [0.29, 0.717) is 21.4 Å². The molecule has 3 aromatic rings. The quantitative estimate of drug-likeness (QED) is 0.213. The molecule has 0 bridgehead atoms. The van der Waals surface area contributed by atoms with Crippen molar-refractivity contribution < 1.29 is 18.4 Å². The zero-order valence-corrected chi connectivity index (χ0v) is 20.4. The number of anilines is 1. The number of hydrogen-bond acceptors (Lipinski definition) is 4. The van der Waals surface area contributed by atoms with Crippen LogP contribution in [-0.4, -0.2) is 40.5 Å². The van der Waals surface area contributed by atoms with E-state index < -0.39 is 17.5 Å². The molecular formula is C27H27BrF2N4O2. The molecule has 2 N–H and O–H groups in total. The summed E-state index contributed by atoms with van der Waals surface area (Å²) in [5.41, 5.74) is 0.975. The second kappa shape index (κ2) is 12.0. The second-order valence-corrected chi connectivity index (χ2v) is 9.23. The number of amides is 1. The highest BCUT2D eigenvalue weighted by Gasteiger charge is 2.20. The summed E-state index contributed by atoms with van der Waals surface area (Å²) < 4.78 is 28.7. The van der Waals surface area contributed by atoms with Crippen LogP contribution in [0.5, 0.6) is 0 Å². The lowest BCUT2D eigenvalue weighted by Crippen LogP contribution is -2.35. The van der Waals surface area contributed by atoms with Crippen LogP contribution in [0.25, 0.3) is 0 Å². The van der Waals surface area contributed by atoms with Crippen molar-refractivity contribution in [3.05, 3.63) is 93.1 Å². The molecule has 0 aliphatic carbocycles. The van der Waals surface area contributed by atoms with Crippen molar-refractivity contribution in [3.8, 4) is 0 Å². The molecule has 1 aliphatic heterocycles. The van der Waals surface area contributed by atoms with Crippen molar-refractivity contribution in [2.75, 3.05) is 18.4 Å². The molecule has 4 rings (SSSR count). The Bertz CT molecular complexity index is 1260. The van der Waals surface area contributed by atoms with Gasteiger partial charge >= 0.3 is 0 Å². The van der Waals surface area contributed by atoms with Gasteiger partial charge in [0.2, 0.25) is 0 Å². The Morgan fingerprint density at radius 2 is 1.61 bits per heavy atom. The molecule has 0 radical (unpaired) electrons. The average Bonchev–Trinajstić information content (AvgIpc) is 2.87. The molecular weight excluding hydrogens is 530 g/mol. The van der Waals surface area contributed by atoms with Gasteiger partial charge in [0.25, 0.3) is 5.91 Å². The van der Waals surface area contributed by atoms with E-state index in [1.807, 2.05) is 4.90 Å². The summed E-state index contributed by atoms with van der Waals surface area (Å²) >= 11 is 3.25. The van der Waals surface area contributed by atoms with Gasteiger partial charge in [-0.25, -0.2) is 13.8 Å². The largest absolute Gasteiger partial charge is 0.357 e. The summed E-state index contributed by atoms with van der Waals surface area (Å²) in [6, 6.07) is 11.5. The Morgan fingerprint density at radius 3 is 2.25 bits per heavy atom. The van der Waals surface area contributed by atoms with E-state index in [4.69, 9.17) is 5.41 Å². The minimum absolute atomic E-state index is 0. The third-order valence-electron chi connectivity index (χ3n) is 5.86. The van der Waals surface area contributed by atoms with Crippen LogP contribution in [0, 0.1) is 17.0 Å². The maximum atomic E-state index is 14.0. The molecule has 0 spiro atoms. The first-order valence-corrected chi connectivity index (χ1v) is 12.0. The molecule has 0 atom stereocenters. The van der Waals surface area contributed by atoms with Crippen molar-refractivity contribution in [1.82, 2.24) is 9.88 Å². The Hall–Kier alpha value is -3.46. The molecule has 1 aromatic heterocycles. The van der Waals surface area contributed by atoms with Crippen molar-refractivity contribution >= 4 is 39.3 Å². The van der Waals surface area contributed by atoms with Crippen LogP contribution >= 0.6 is 15.9 Å². The minimum Gasteiger partial charge on any atom is -0.357 e. The van der Waals surface area contributed by atoms with Crippen molar-refractivity contribution in [2.45, 2.75) is 33.1 Å². The number of carbonyl (C=O) groups is 2. The lowest BCUT2D eigenvalue weighted by Gasteiger charge is -2.29. The molecule has 1 fully saturated rings. The summed E-state index contributed by atoms with van der Waals surface area (Å²) in [4.78, 5) is 31.8. The molecule has 2 heterocycles. The Balaban J connectivity index is 0.00000361. The summed E-state index contributed by atoms with van der Waals surface area (Å²) in [6.45, 7) is 1.69. The second-order valence-electron chi connectivity index (χ2n) is 8.31. The number of piperidine rings is 1. The van der Waals surface area contributed by atoms with Crippen LogP contribution in [0.4, 0.5) is 14.6 Å². The van der Waals surface area contributed by atoms with Crippen molar-refractivity contribution in [3.63, 3.8) is 0 Å². The first-order chi connectivity index (χ1) is 16.8. The zero-order valence-electron chi connectivity index (χ0n) is 18.8. The number of hydrogen-bond donors (Lipinski definition) is 2. The summed E-state index contributed by atoms with van der Waals surface area (Å²) in [5.74, 6) is -2.74. The maximum absolute atomic E-state index is 14.0. The maximum Gasteiger partial charge on any atom is 0.257 e. The number of rotatable bonds is 6. The predicted octanol–water partition coefficient (Wildman–Crippen LogP) is 6.25. The van der Waals surface area contributed by atoms with E-state index in [9.17, 15) is 18.4 Å². The molecule has 1 saturated heterocycles. The normalized spacial score (nSPS) is 13.0. The van der Waals surface area contributed by atoms with Gasteiger partial charge in [0.05, 0.1) is 0 Å².